The number of hydrogen-bond acceptors (Lipinski definition) is 4. The molecule has 6 heteroatoms. The van der Waals surface area contributed by atoms with Gasteiger partial charge in [-0.25, -0.2) is 0 Å². The molecule has 6 nitrogen and oxygen atoms in total. The molecule has 1 amide bonds. The highest BCUT2D eigenvalue weighted by atomic mass is 16.5. The maximum absolute atomic E-state index is 12.6. The first-order valence-corrected chi connectivity index (χ1v) is 19.0. The van der Waals surface area contributed by atoms with Crippen LogP contribution in [-0.2, 0) is 19.1 Å². The highest BCUT2D eigenvalue weighted by Gasteiger charge is 2.12. The van der Waals surface area contributed by atoms with E-state index in [9.17, 15) is 14.4 Å². The Bertz CT molecular complexity index is 748. The molecule has 0 spiro atoms. The molecule has 0 saturated carbocycles. The van der Waals surface area contributed by atoms with E-state index in [-0.39, 0.29) is 24.5 Å². The summed E-state index contributed by atoms with van der Waals surface area (Å²) in [6.45, 7) is 4.17. The topological polar surface area (TPSA) is 92.7 Å². The molecule has 0 aromatic rings. The fraction of sp³-hybridized carbons (Fsp3) is 0.821. The first-order valence-electron chi connectivity index (χ1n) is 19.0. The zero-order valence-electron chi connectivity index (χ0n) is 29.5. The lowest BCUT2D eigenvalue weighted by atomic mass is 10.1. The van der Waals surface area contributed by atoms with Crippen LogP contribution in [0, 0.1) is 0 Å². The Morgan fingerprint density at radius 1 is 0.578 bits per heavy atom. The van der Waals surface area contributed by atoms with Crippen LogP contribution in [0.2, 0.25) is 0 Å². The Balaban J connectivity index is 4.05. The zero-order chi connectivity index (χ0) is 33.1. The van der Waals surface area contributed by atoms with Gasteiger partial charge < -0.3 is 15.2 Å². The molecule has 0 saturated heterocycles. The summed E-state index contributed by atoms with van der Waals surface area (Å²) in [4.78, 5) is 34.8. The van der Waals surface area contributed by atoms with E-state index in [1.54, 1.807) is 0 Å². The second-order valence-corrected chi connectivity index (χ2v) is 12.8. The number of amides is 1. The van der Waals surface area contributed by atoms with Crippen LogP contribution in [0.25, 0.3) is 0 Å². The normalized spacial score (nSPS) is 12.2. The molecule has 0 rings (SSSR count). The molecule has 2 N–H and O–H groups in total. The number of unbranched alkanes of at least 4 members (excludes halogenated alkanes) is 21. The summed E-state index contributed by atoms with van der Waals surface area (Å²) in [6, 6.07) is 0. The number of carboxylic acids is 1. The lowest BCUT2D eigenvalue weighted by Gasteiger charge is -2.15. The zero-order valence-corrected chi connectivity index (χ0v) is 29.5. The summed E-state index contributed by atoms with van der Waals surface area (Å²) >= 11 is 0. The van der Waals surface area contributed by atoms with Crippen molar-refractivity contribution in [2.75, 3.05) is 6.54 Å². The molecular formula is C39H71NO5. The Labute approximate surface area is 277 Å². The highest BCUT2D eigenvalue weighted by molar-refractivity contribution is 5.80. The van der Waals surface area contributed by atoms with Crippen molar-refractivity contribution < 1.29 is 24.2 Å². The molecule has 45 heavy (non-hydrogen) atoms. The molecule has 1 atom stereocenters. The molecule has 0 aromatic heterocycles. The van der Waals surface area contributed by atoms with Crippen molar-refractivity contribution >= 4 is 17.8 Å². The minimum absolute atomic E-state index is 0.0876. The van der Waals surface area contributed by atoms with Gasteiger partial charge in [0.25, 0.3) is 0 Å². The maximum Gasteiger partial charge on any atom is 0.322 e. The van der Waals surface area contributed by atoms with Gasteiger partial charge in [0.2, 0.25) is 5.91 Å². The van der Waals surface area contributed by atoms with Gasteiger partial charge in [0, 0.05) is 12.8 Å². The molecule has 262 valence electrons. The molecule has 0 aliphatic carbocycles. The van der Waals surface area contributed by atoms with Crippen molar-refractivity contribution in [1.82, 2.24) is 5.32 Å². The van der Waals surface area contributed by atoms with Gasteiger partial charge in [-0.2, -0.15) is 0 Å². The van der Waals surface area contributed by atoms with Crippen molar-refractivity contribution in [2.45, 2.75) is 200 Å². The quantitative estimate of drug-likeness (QED) is 0.0418. The molecule has 0 aromatic carbocycles. The average molecular weight is 634 g/mol. The largest absolute Gasteiger partial charge is 0.480 e. The molecule has 0 fully saturated rings. The minimum Gasteiger partial charge on any atom is -0.480 e. The Hall–Kier alpha value is -2.11. The predicted molar refractivity (Wildman–Crippen MR) is 189 cm³/mol. The van der Waals surface area contributed by atoms with Gasteiger partial charge in [-0.1, -0.05) is 135 Å². The van der Waals surface area contributed by atoms with Crippen molar-refractivity contribution in [3.63, 3.8) is 0 Å². The van der Waals surface area contributed by atoms with E-state index in [1.807, 2.05) is 0 Å². The Kier molecular flexibility index (Phi) is 33.1. The lowest BCUT2D eigenvalue weighted by Crippen LogP contribution is -2.28. The van der Waals surface area contributed by atoms with Gasteiger partial charge in [-0.15, -0.1) is 0 Å². The number of allylic oxidation sites excluding steroid dienone is 3. The van der Waals surface area contributed by atoms with Crippen LogP contribution in [0.5, 0.6) is 0 Å². The van der Waals surface area contributed by atoms with Crippen LogP contribution in [0.15, 0.2) is 24.3 Å². The Morgan fingerprint density at radius 3 is 1.56 bits per heavy atom. The van der Waals surface area contributed by atoms with E-state index in [1.165, 1.54) is 116 Å². The second-order valence-electron chi connectivity index (χ2n) is 12.8. The summed E-state index contributed by atoms with van der Waals surface area (Å²) < 4.78 is 5.87. The van der Waals surface area contributed by atoms with Crippen LogP contribution in [0.3, 0.4) is 0 Å². The third-order valence-corrected chi connectivity index (χ3v) is 8.33. The van der Waals surface area contributed by atoms with Gasteiger partial charge in [0.05, 0.1) is 0 Å². The number of carbonyl (C=O) groups is 3. The molecule has 0 radical (unpaired) electrons. The first-order chi connectivity index (χ1) is 22.0. The summed E-state index contributed by atoms with van der Waals surface area (Å²) in [6.07, 6.45) is 40.3. The second kappa shape index (κ2) is 34.8. The van der Waals surface area contributed by atoms with Crippen LogP contribution in [0.1, 0.15) is 194 Å². The summed E-state index contributed by atoms with van der Waals surface area (Å²) in [5.41, 5.74) is 0. The predicted octanol–water partition coefficient (Wildman–Crippen LogP) is 11.2. The highest BCUT2D eigenvalue weighted by Crippen LogP contribution is 2.15. The van der Waals surface area contributed by atoms with E-state index < -0.39 is 5.97 Å². The average Bonchev–Trinajstić information content (AvgIpc) is 3.02. The van der Waals surface area contributed by atoms with Crippen LogP contribution in [0.4, 0.5) is 0 Å². The van der Waals surface area contributed by atoms with E-state index in [4.69, 9.17) is 9.84 Å². The molecular weight excluding hydrogens is 562 g/mol. The van der Waals surface area contributed by atoms with Crippen LogP contribution in [-0.4, -0.2) is 35.6 Å². The van der Waals surface area contributed by atoms with Crippen molar-refractivity contribution in [1.29, 1.82) is 0 Å². The molecule has 0 aliphatic rings. The number of rotatable bonds is 34. The number of carboxylic acid groups (broad SMARTS) is 1. The monoisotopic (exact) mass is 634 g/mol. The Morgan fingerprint density at radius 2 is 1.02 bits per heavy atom. The van der Waals surface area contributed by atoms with Crippen molar-refractivity contribution in [3.8, 4) is 0 Å². The van der Waals surface area contributed by atoms with Crippen LogP contribution >= 0.6 is 0 Å². The third-order valence-electron chi connectivity index (χ3n) is 8.33. The SMILES string of the molecule is CCCCCCC/C=C\C(CCCCCCC(=O)NCC(=O)O)OC(=O)CCCCCCCCC/C=C\CCCCCCCC. The minimum atomic E-state index is -1.03. The lowest BCUT2D eigenvalue weighted by molar-refractivity contribution is -0.147. The number of aliphatic carboxylic acids is 1. The number of nitrogens with one attached hydrogen (secondary N) is 1. The van der Waals surface area contributed by atoms with Crippen molar-refractivity contribution in [3.05, 3.63) is 24.3 Å². The first kappa shape index (κ1) is 42.9. The molecule has 0 bridgehead atoms. The third kappa shape index (κ3) is 34.6. The molecule has 0 heterocycles. The van der Waals surface area contributed by atoms with E-state index in [2.05, 4.69) is 43.5 Å². The number of ether oxygens (including phenoxy) is 1. The summed E-state index contributed by atoms with van der Waals surface area (Å²) in [7, 11) is 0. The van der Waals surface area contributed by atoms with E-state index >= 15 is 0 Å². The fourth-order valence-corrected chi connectivity index (χ4v) is 5.48. The van der Waals surface area contributed by atoms with E-state index in [0.717, 1.165) is 51.4 Å². The molecule has 0 aliphatic heterocycles. The van der Waals surface area contributed by atoms with Gasteiger partial charge in [0.1, 0.15) is 12.6 Å². The smallest absolute Gasteiger partial charge is 0.322 e. The van der Waals surface area contributed by atoms with Gasteiger partial charge in [0.15, 0.2) is 0 Å². The van der Waals surface area contributed by atoms with Gasteiger partial charge in [-0.3, -0.25) is 14.4 Å². The number of hydrogen-bond donors (Lipinski definition) is 2. The van der Waals surface area contributed by atoms with E-state index in [0.29, 0.717) is 12.8 Å². The number of carbonyl (C=O) groups excluding carboxylic acids is 2. The standard InChI is InChI=1S/C39H71NO5/c1-3-5-7-9-11-12-13-14-15-16-17-18-19-20-22-24-30-34-39(44)45-36(31-27-23-21-10-8-6-4-2)32-28-25-26-29-33-37(41)40-35-38(42)43/h14-15,27,31,36H,3-13,16-26,28-30,32-35H2,1-2H3,(H,40,41)(H,42,43)/b15-14-,31-27-. The summed E-state index contributed by atoms with van der Waals surface area (Å²) in [5, 5.41) is 11.0. The number of esters is 1. The van der Waals surface area contributed by atoms with Crippen molar-refractivity contribution in [2.24, 2.45) is 0 Å². The molecule has 1 unspecified atom stereocenters. The van der Waals surface area contributed by atoms with Gasteiger partial charge >= 0.3 is 11.9 Å². The van der Waals surface area contributed by atoms with Gasteiger partial charge in [-0.05, 0) is 70.3 Å². The fourth-order valence-electron chi connectivity index (χ4n) is 5.48. The van der Waals surface area contributed by atoms with Crippen LogP contribution < -0.4 is 5.32 Å². The summed E-state index contributed by atoms with van der Waals surface area (Å²) in [5.74, 6) is -1.33. The maximum atomic E-state index is 12.6.